The van der Waals surface area contributed by atoms with Gasteiger partial charge in [0.2, 0.25) is 0 Å². The molecule has 5 aliphatic rings. The minimum atomic E-state index is -0.281. The van der Waals surface area contributed by atoms with Crippen molar-refractivity contribution >= 4 is 5.97 Å². The maximum absolute atomic E-state index is 12.8. The van der Waals surface area contributed by atoms with E-state index in [-0.39, 0.29) is 22.4 Å². The zero-order valence-electron chi connectivity index (χ0n) is 17.5. The highest BCUT2D eigenvalue weighted by Gasteiger charge is 2.66. The van der Waals surface area contributed by atoms with Gasteiger partial charge >= 0.3 is 5.97 Å². The Kier molecular flexibility index (Phi) is 4.49. The van der Waals surface area contributed by atoms with Crippen LogP contribution in [0.4, 0.5) is 0 Å². The van der Waals surface area contributed by atoms with Gasteiger partial charge in [-0.15, -0.1) is 0 Å². The highest BCUT2D eigenvalue weighted by molar-refractivity contribution is 5.77. The van der Waals surface area contributed by atoms with Crippen LogP contribution in [0.1, 0.15) is 85.5 Å². The zero-order chi connectivity index (χ0) is 18.7. The number of hydrogen-bond donors (Lipinski definition) is 0. The van der Waals surface area contributed by atoms with Crippen LogP contribution in [0.15, 0.2) is 0 Å². The molecule has 0 amide bonds. The number of esters is 1. The van der Waals surface area contributed by atoms with E-state index in [1.807, 2.05) is 0 Å². The molecule has 5 aliphatic carbocycles. The first-order valence-electron chi connectivity index (χ1n) is 10.9. The van der Waals surface area contributed by atoms with Crippen LogP contribution in [0, 0.1) is 34.5 Å². The summed E-state index contributed by atoms with van der Waals surface area (Å²) in [6.45, 7) is 9.49. The predicted molar refractivity (Wildman–Crippen MR) is 103 cm³/mol. The van der Waals surface area contributed by atoms with Crippen LogP contribution in [0.3, 0.4) is 0 Å². The van der Waals surface area contributed by atoms with E-state index in [4.69, 9.17) is 9.47 Å². The molecule has 3 nitrogen and oxygen atoms in total. The van der Waals surface area contributed by atoms with E-state index in [9.17, 15) is 4.79 Å². The minimum Gasteiger partial charge on any atom is -0.469 e. The lowest BCUT2D eigenvalue weighted by atomic mass is 9.43. The summed E-state index contributed by atoms with van der Waals surface area (Å²) in [6, 6.07) is 0. The highest BCUT2D eigenvalue weighted by atomic mass is 16.5. The molecule has 5 rings (SSSR count). The molecule has 0 unspecified atom stereocenters. The fourth-order valence-electron chi connectivity index (χ4n) is 7.97. The van der Waals surface area contributed by atoms with E-state index in [1.165, 1.54) is 25.7 Å². The largest absolute Gasteiger partial charge is 0.469 e. The molecule has 148 valence electrons. The fraction of sp³-hybridized carbons (Fsp3) is 0.957. The van der Waals surface area contributed by atoms with Gasteiger partial charge in [0.15, 0.2) is 0 Å². The second kappa shape index (κ2) is 6.22. The Balaban J connectivity index is 1.62. The van der Waals surface area contributed by atoms with Crippen LogP contribution < -0.4 is 0 Å². The number of carbonyl (C=O) groups is 1. The lowest BCUT2D eigenvalue weighted by Gasteiger charge is -2.65. The van der Waals surface area contributed by atoms with Crippen molar-refractivity contribution in [2.45, 2.75) is 97.2 Å². The van der Waals surface area contributed by atoms with Gasteiger partial charge in [0.25, 0.3) is 0 Å². The van der Waals surface area contributed by atoms with Gasteiger partial charge < -0.3 is 9.47 Å². The molecule has 0 radical (unpaired) electrons. The molecule has 7 atom stereocenters. The Bertz CT molecular complexity index is 572. The lowest BCUT2D eigenvalue weighted by molar-refractivity contribution is -0.252. The molecule has 0 heterocycles. The molecule has 26 heavy (non-hydrogen) atoms. The second-order valence-electron chi connectivity index (χ2n) is 11.3. The SMILES string of the molecule is COC(=O)[C@@]12C[C@@H]3C[C@@](C)(C[C@@](O[C@@H]4C[C@H](C)CC[C@H]4C(C)C)(C3)C1)C2. The third-order valence-electron chi connectivity index (χ3n) is 8.28. The molecule has 3 heteroatoms. The number of hydrogen-bond acceptors (Lipinski definition) is 3. The van der Waals surface area contributed by atoms with E-state index in [0.29, 0.717) is 23.9 Å². The summed E-state index contributed by atoms with van der Waals surface area (Å²) in [5.74, 6) is 2.76. The second-order valence-corrected chi connectivity index (χ2v) is 11.3. The van der Waals surface area contributed by atoms with E-state index < -0.39 is 0 Å². The quantitative estimate of drug-likeness (QED) is 0.631. The maximum Gasteiger partial charge on any atom is 0.311 e. The third kappa shape index (κ3) is 3.02. The molecule has 0 spiro atoms. The molecule has 0 N–H and O–H groups in total. The summed E-state index contributed by atoms with van der Waals surface area (Å²) >= 11 is 0. The van der Waals surface area contributed by atoms with Crippen molar-refractivity contribution in [1.29, 1.82) is 0 Å². The van der Waals surface area contributed by atoms with Crippen LogP contribution in [0.25, 0.3) is 0 Å². The van der Waals surface area contributed by atoms with Crippen LogP contribution in [-0.2, 0) is 14.3 Å². The molecule has 5 saturated carbocycles. The molecule has 0 aromatic heterocycles. The van der Waals surface area contributed by atoms with Crippen LogP contribution in [0.2, 0.25) is 0 Å². The van der Waals surface area contributed by atoms with E-state index in [0.717, 1.165) is 38.0 Å². The van der Waals surface area contributed by atoms with Crippen LogP contribution >= 0.6 is 0 Å². The van der Waals surface area contributed by atoms with Gasteiger partial charge in [-0.1, -0.05) is 34.1 Å². The van der Waals surface area contributed by atoms with E-state index in [2.05, 4.69) is 27.7 Å². The molecular formula is C23H38O3. The van der Waals surface area contributed by atoms with Gasteiger partial charge in [0.1, 0.15) is 0 Å². The summed E-state index contributed by atoms with van der Waals surface area (Å²) in [7, 11) is 1.56. The van der Waals surface area contributed by atoms with Gasteiger partial charge in [-0.2, -0.15) is 0 Å². The Morgan fingerprint density at radius 2 is 1.85 bits per heavy atom. The van der Waals surface area contributed by atoms with Crippen molar-refractivity contribution < 1.29 is 14.3 Å². The molecular weight excluding hydrogens is 324 g/mol. The Morgan fingerprint density at radius 3 is 2.50 bits per heavy atom. The van der Waals surface area contributed by atoms with Crippen molar-refractivity contribution in [3.05, 3.63) is 0 Å². The molecule has 0 aliphatic heterocycles. The topological polar surface area (TPSA) is 35.5 Å². The number of rotatable bonds is 4. The lowest BCUT2D eigenvalue weighted by Crippen LogP contribution is -2.63. The molecule has 0 saturated heterocycles. The predicted octanol–water partition coefficient (Wildman–Crippen LogP) is 5.37. The van der Waals surface area contributed by atoms with E-state index in [1.54, 1.807) is 7.11 Å². The summed E-state index contributed by atoms with van der Waals surface area (Å²) in [5, 5.41) is 0. The normalized spacial score (nSPS) is 50.2. The molecule has 0 aromatic carbocycles. The maximum atomic E-state index is 12.8. The van der Waals surface area contributed by atoms with Crippen molar-refractivity contribution in [1.82, 2.24) is 0 Å². The van der Waals surface area contributed by atoms with Gasteiger partial charge in [-0.3, -0.25) is 4.79 Å². The first kappa shape index (κ1) is 18.8. The number of carbonyl (C=O) groups excluding carboxylic acids is 1. The monoisotopic (exact) mass is 362 g/mol. The van der Waals surface area contributed by atoms with Gasteiger partial charge in [0.05, 0.1) is 24.2 Å². The Hall–Kier alpha value is -0.570. The summed E-state index contributed by atoms with van der Waals surface area (Å²) < 4.78 is 12.4. The average molecular weight is 363 g/mol. The summed E-state index contributed by atoms with van der Waals surface area (Å²) in [4.78, 5) is 12.8. The summed E-state index contributed by atoms with van der Waals surface area (Å²) in [6.07, 6.45) is 10.7. The molecule has 0 aromatic rings. The number of ether oxygens (including phenoxy) is 2. The Labute approximate surface area is 159 Å². The molecule has 4 bridgehead atoms. The van der Waals surface area contributed by atoms with Crippen molar-refractivity contribution in [2.24, 2.45) is 34.5 Å². The third-order valence-corrected chi connectivity index (χ3v) is 8.28. The average Bonchev–Trinajstić information content (AvgIpc) is 2.50. The summed E-state index contributed by atoms with van der Waals surface area (Å²) in [5.41, 5.74) is -0.116. The fourth-order valence-corrected chi connectivity index (χ4v) is 7.97. The van der Waals surface area contributed by atoms with Crippen LogP contribution in [0.5, 0.6) is 0 Å². The Morgan fingerprint density at radius 1 is 1.08 bits per heavy atom. The minimum absolute atomic E-state index is 0.0261. The molecule has 5 fully saturated rings. The van der Waals surface area contributed by atoms with Gasteiger partial charge in [0, 0.05) is 0 Å². The van der Waals surface area contributed by atoms with Crippen molar-refractivity contribution in [3.63, 3.8) is 0 Å². The van der Waals surface area contributed by atoms with Crippen molar-refractivity contribution in [2.75, 3.05) is 7.11 Å². The van der Waals surface area contributed by atoms with Crippen molar-refractivity contribution in [3.8, 4) is 0 Å². The van der Waals surface area contributed by atoms with Crippen LogP contribution in [-0.4, -0.2) is 24.8 Å². The highest BCUT2D eigenvalue weighted by Crippen LogP contribution is 2.68. The van der Waals surface area contributed by atoms with E-state index >= 15 is 0 Å². The smallest absolute Gasteiger partial charge is 0.311 e. The standard InChI is InChI=1S/C23H38O3/c1-15(2)18-7-6-16(3)8-19(18)26-23-11-17-9-21(4,13-23)12-22(10-17,14-23)20(24)25-5/h15-19H,6-14H2,1-5H3/t16-,17+,18+,19-,21-,22-,23+/m1/s1. The first-order valence-corrected chi connectivity index (χ1v) is 10.9. The number of methoxy groups -OCH3 is 1. The first-order chi connectivity index (χ1) is 12.2. The zero-order valence-corrected chi connectivity index (χ0v) is 17.5. The van der Waals surface area contributed by atoms with Gasteiger partial charge in [-0.25, -0.2) is 0 Å². The van der Waals surface area contributed by atoms with Gasteiger partial charge in [-0.05, 0) is 80.5 Å².